The van der Waals surface area contributed by atoms with Crippen molar-refractivity contribution in [1.29, 1.82) is 0 Å². The highest BCUT2D eigenvalue weighted by atomic mass is 19.1. The second kappa shape index (κ2) is 7.41. The van der Waals surface area contributed by atoms with Gasteiger partial charge in [-0.2, -0.15) is 0 Å². The van der Waals surface area contributed by atoms with Crippen molar-refractivity contribution >= 4 is 0 Å². The van der Waals surface area contributed by atoms with Gasteiger partial charge in [0.15, 0.2) is 0 Å². The van der Waals surface area contributed by atoms with Crippen molar-refractivity contribution in [2.24, 2.45) is 11.7 Å². The fourth-order valence-electron chi connectivity index (χ4n) is 1.87. The summed E-state index contributed by atoms with van der Waals surface area (Å²) in [5.41, 5.74) is 6.83. The van der Waals surface area contributed by atoms with E-state index >= 15 is 0 Å². The van der Waals surface area contributed by atoms with Crippen molar-refractivity contribution in [3.8, 4) is 0 Å². The predicted octanol–water partition coefficient (Wildman–Crippen LogP) is 2.63. The Morgan fingerprint density at radius 1 is 1.29 bits per heavy atom. The Morgan fingerprint density at radius 3 is 2.47 bits per heavy atom. The van der Waals surface area contributed by atoms with Gasteiger partial charge in [0.1, 0.15) is 5.82 Å². The monoisotopic (exact) mass is 238 g/mol. The Bertz CT molecular complexity index is 307. The van der Waals surface area contributed by atoms with Gasteiger partial charge >= 0.3 is 0 Å². The molecular weight excluding hydrogens is 215 g/mol. The third kappa shape index (κ3) is 5.29. The number of hydrogen-bond donors (Lipinski definition) is 1. The van der Waals surface area contributed by atoms with Gasteiger partial charge in [-0.15, -0.1) is 0 Å². The molecule has 1 rings (SSSR count). The molecule has 0 bridgehead atoms. The fraction of sp³-hybridized carbons (Fsp3) is 0.571. The molecule has 0 heterocycles. The summed E-state index contributed by atoms with van der Waals surface area (Å²) in [6.45, 7) is 4.84. The van der Waals surface area contributed by atoms with Crippen LogP contribution in [0.3, 0.4) is 0 Å². The number of rotatable bonds is 7. The normalized spacial score (nSPS) is 13.0. The lowest BCUT2D eigenvalue weighted by Gasteiger charge is -2.20. The largest absolute Gasteiger partial charge is 0.330 e. The zero-order valence-corrected chi connectivity index (χ0v) is 10.8. The Morgan fingerprint density at radius 2 is 1.94 bits per heavy atom. The highest BCUT2D eigenvalue weighted by Gasteiger charge is 2.06. The maximum atomic E-state index is 12.7. The first kappa shape index (κ1) is 14.1. The van der Waals surface area contributed by atoms with Crippen LogP contribution in [0.2, 0.25) is 0 Å². The lowest BCUT2D eigenvalue weighted by atomic mass is 10.0. The smallest absolute Gasteiger partial charge is 0.123 e. The zero-order valence-electron chi connectivity index (χ0n) is 10.8. The number of nitrogens with two attached hydrogens (primary N) is 1. The van der Waals surface area contributed by atoms with Crippen LogP contribution < -0.4 is 5.73 Å². The lowest BCUT2D eigenvalue weighted by molar-refractivity contribution is 0.292. The van der Waals surface area contributed by atoms with Crippen molar-refractivity contribution in [2.75, 3.05) is 20.1 Å². The van der Waals surface area contributed by atoms with Gasteiger partial charge in [0.05, 0.1) is 0 Å². The molecule has 0 aliphatic heterocycles. The van der Waals surface area contributed by atoms with Gasteiger partial charge in [-0.3, -0.25) is 0 Å². The molecule has 0 saturated heterocycles. The third-order valence-corrected chi connectivity index (χ3v) is 3.20. The van der Waals surface area contributed by atoms with Crippen molar-refractivity contribution in [3.05, 3.63) is 35.6 Å². The highest BCUT2D eigenvalue weighted by molar-refractivity contribution is 5.15. The fourth-order valence-corrected chi connectivity index (χ4v) is 1.87. The topological polar surface area (TPSA) is 29.3 Å². The number of benzene rings is 1. The van der Waals surface area contributed by atoms with Crippen LogP contribution in [-0.2, 0) is 6.54 Å². The molecule has 0 aliphatic rings. The molecule has 0 aliphatic carbocycles. The predicted molar refractivity (Wildman–Crippen MR) is 70.2 cm³/mol. The van der Waals surface area contributed by atoms with Crippen LogP contribution in [0, 0.1) is 11.7 Å². The van der Waals surface area contributed by atoms with E-state index in [1.54, 1.807) is 0 Å². The van der Waals surface area contributed by atoms with E-state index in [0.29, 0.717) is 5.92 Å². The van der Waals surface area contributed by atoms with E-state index in [-0.39, 0.29) is 5.82 Å². The van der Waals surface area contributed by atoms with Gasteiger partial charge in [-0.05, 0) is 50.2 Å². The number of nitrogens with zero attached hydrogens (tertiary/aromatic N) is 1. The summed E-state index contributed by atoms with van der Waals surface area (Å²) in [5, 5.41) is 0. The van der Waals surface area contributed by atoms with Gasteiger partial charge < -0.3 is 10.6 Å². The molecule has 1 aromatic rings. The Balaban J connectivity index is 2.34. The van der Waals surface area contributed by atoms with E-state index in [0.717, 1.165) is 38.0 Å². The summed E-state index contributed by atoms with van der Waals surface area (Å²) in [4.78, 5) is 2.26. The third-order valence-electron chi connectivity index (χ3n) is 3.20. The molecule has 1 atom stereocenters. The summed E-state index contributed by atoms with van der Waals surface area (Å²) in [6, 6.07) is 6.70. The van der Waals surface area contributed by atoms with Crippen LogP contribution in [0.15, 0.2) is 24.3 Å². The first-order valence-corrected chi connectivity index (χ1v) is 6.28. The summed E-state index contributed by atoms with van der Waals surface area (Å²) < 4.78 is 12.7. The maximum Gasteiger partial charge on any atom is 0.123 e. The van der Waals surface area contributed by atoms with Crippen LogP contribution in [0.1, 0.15) is 25.3 Å². The molecule has 0 spiro atoms. The van der Waals surface area contributed by atoms with E-state index < -0.39 is 0 Å². The molecule has 1 aromatic carbocycles. The molecule has 0 fully saturated rings. The van der Waals surface area contributed by atoms with Gasteiger partial charge in [0.25, 0.3) is 0 Å². The summed E-state index contributed by atoms with van der Waals surface area (Å²) in [5.74, 6) is 0.441. The molecule has 0 radical (unpaired) electrons. The number of halogens is 1. The van der Waals surface area contributed by atoms with Crippen LogP contribution >= 0.6 is 0 Å². The van der Waals surface area contributed by atoms with Gasteiger partial charge in [-0.25, -0.2) is 4.39 Å². The van der Waals surface area contributed by atoms with E-state index in [1.165, 1.54) is 12.1 Å². The molecule has 3 heteroatoms. The molecule has 17 heavy (non-hydrogen) atoms. The number of hydrogen-bond acceptors (Lipinski definition) is 2. The minimum Gasteiger partial charge on any atom is -0.330 e. The first-order chi connectivity index (χ1) is 8.15. The standard InChI is InChI=1S/C14H23FN2/c1-3-12(10-16)8-9-17(2)11-13-4-6-14(15)7-5-13/h4-7,12H,3,8-11,16H2,1-2H3. The van der Waals surface area contributed by atoms with E-state index in [9.17, 15) is 4.39 Å². The van der Waals surface area contributed by atoms with E-state index in [2.05, 4.69) is 18.9 Å². The molecule has 2 nitrogen and oxygen atoms in total. The molecule has 0 amide bonds. The minimum absolute atomic E-state index is 0.175. The van der Waals surface area contributed by atoms with Crippen LogP contribution in [-0.4, -0.2) is 25.0 Å². The van der Waals surface area contributed by atoms with Crippen molar-refractivity contribution in [3.63, 3.8) is 0 Å². The van der Waals surface area contributed by atoms with Crippen LogP contribution in [0.4, 0.5) is 4.39 Å². The lowest BCUT2D eigenvalue weighted by Crippen LogP contribution is -2.24. The average molecular weight is 238 g/mol. The summed E-state index contributed by atoms with van der Waals surface area (Å²) in [6.07, 6.45) is 2.27. The summed E-state index contributed by atoms with van der Waals surface area (Å²) >= 11 is 0. The van der Waals surface area contributed by atoms with E-state index in [1.807, 2.05) is 12.1 Å². The quantitative estimate of drug-likeness (QED) is 0.791. The van der Waals surface area contributed by atoms with Gasteiger partial charge in [-0.1, -0.05) is 25.5 Å². The maximum absolute atomic E-state index is 12.7. The summed E-state index contributed by atoms with van der Waals surface area (Å²) in [7, 11) is 2.09. The van der Waals surface area contributed by atoms with Crippen LogP contribution in [0.25, 0.3) is 0 Å². The van der Waals surface area contributed by atoms with E-state index in [4.69, 9.17) is 5.73 Å². The zero-order chi connectivity index (χ0) is 12.7. The Hall–Kier alpha value is -0.930. The molecule has 0 aromatic heterocycles. The highest BCUT2D eigenvalue weighted by Crippen LogP contribution is 2.09. The van der Waals surface area contributed by atoms with Gasteiger partial charge in [0, 0.05) is 6.54 Å². The SMILES string of the molecule is CCC(CN)CCN(C)Cc1ccc(F)cc1. The second-order valence-corrected chi connectivity index (χ2v) is 4.66. The second-order valence-electron chi connectivity index (χ2n) is 4.66. The van der Waals surface area contributed by atoms with Crippen LogP contribution in [0.5, 0.6) is 0 Å². The minimum atomic E-state index is -0.175. The van der Waals surface area contributed by atoms with Gasteiger partial charge in [0.2, 0.25) is 0 Å². The van der Waals surface area contributed by atoms with Crippen molar-refractivity contribution in [1.82, 2.24) is 4.90 Å². The molecule has 0 saturated carbocycles. The Labute approximate surface area is 104 Å². The Kier molecular flexibility index (Phi) is 6.16. The average Bonchev–Trinajstić information content (AvgIpc) is 2.33. The molecule has 2 N–H and O–H groups in total. The molecular formula is C14H23FN2. The molecule has 96 valence electrons. The van der Waals surface area contributed by atoms with Crippen molar-refractivity contribution < 1.29 is 4.39 Å². The first-order valence-electron chi connectivity index (χ1n) is 6.28. The molecule has 1 unspecified atom stereocenters. The van der Waals surface area contributed by atoms with Crippen molar-refractivity contribution in [2.45, 2.75) is 26.3 Å².